The van der Waals surface area contributed by atoms with Crippen LogP contribution in [0.4, 0.5) is 0 Å². The van der Waals surface area contributed by atoms with Crippen LogP contribution in [0.3, 0.4) is 0 Å². The molecule has 0 saturated heterocycles. The summed E-state index contributed by atoms with van der Waals surface area (Å²) in [5, 5.41) is 8.61. The Labute approximate surface area is 75.2 Å². The first-order valence-electron chi connectivity index (χ1n) is 3.97. The van der Waals surface area contributed by atoms with E-state index in [1.54, 1.807) is 18.5 Å². The molecule has 0 aromatic carbocycles. The van der Waals surface area contributed by atoms with E-state index >= 15 is 0 Å². The highest BCUT2D eigenvalue weighted by Gasteiger charge is 1.97. The quantitative estimate of drug-likeness (QED) is 0.732. The van der Waals surface area contributed by atoms with Gasteiger partial charge in [-0.3, -0.25) is 4.40 Å². The SMILES string of the molecule is OCC=Cc1cnc2ncccn12. The standard InChI is InChI=1S/C9H9N3O/c13-6-1-3-8-7-11-9-10-4-2-5-12(8)9/h1-5,7,13H,6H2. The molecule has 13 heavy (non-hydrogen) atoms. The molecule has 0 amide bonds. The monoisotopic (exact) mass is 175 g/mol. The second kappa shape index (κ2) is 3.37. The molecule has 0 radical (unpaired) electrons. The number of imidazole rings is 1. The van der Waals surface area contributed by atoms with Crippen molar-refractivity contribution in [3.63, 3.8) is 0 Å². The van der Waals surface area contributed by atoms with E-state index in [2.05, 4.69) is 9.97 Å². The van der Waals surface area contributed by atoms with E-state index in [0.717, 1.165) is 5.69 Å². The molecule has 2 aromatic heterocycles. The fourth-order valence-electron chi connectivity index (χ4n) is 1.14. The minimum Gasteiger partial charge on any atom is -0.392 e. The largest absolute Gasteiger partial charge is 0.392 e. The van der Waals surface area contributed by atoms with Crippen LogP contribution in [0.5, 0.6) is 0 Å². The van der Waals surface area contributed by atoms with Crippen LogP contribution < -0.4 is 0 Å². The zero-order chi connectivity index (χ0) is 9.10. The van der Waals surface area contributed by atoms with E-state index in [9.17, 15) is 0 Å². The fraction of sp³-hybridized carbons (Fsp3) is 0.111. The average Bonchev–Trinajstić information content (AvgIpc) is 2.58. The highest BCUT2D eigenvalue weighted by molar-refractivity contribution is 5.49. The lowest BCUT2D eigenvalue weighted by atomic mass is 10.4. The van der Waals surface area contributed by atoms with E-state index in [-0.39, 0.29) is 6.61 Å². The van der Waals surface area contributed by atoms with E-state index in [1.807, 2.05) is 22.7 Å². The molecule has 0 saturated carbocycles. The summed E-state index contributed by atoms with van der Waals surface area (Å²) >= 11 is 0. The van der Waals surface area contributed by atoms with Crippen LogP contribution in [0.15, 0.2) is 30.7 Å². The number of rotatable bonds is 2. The van der Waals surface area contributed by atoms with Gasteiger partial charge in [-0.25, -0.2) is 9.97 Å². The molecule has 0 aliphatic carbocycles. The van der Waals surface area contributed by atoms with E-state index in [0.29, 0.717) is 5.78 Å². The molecule has 0 unspecified atom stereocenters. The van der Waals surface area contributed by atoms with E-state index in [4.69, 9.17) is 5.11 Å². The van der Waals surface area contributed by atoms with Crippen molar-refractivity contribution < 1.29 is 5.11 Å². The summed E-state index contributed by atoms with van der Waals surface area (Å²) in [4.78, 5) is 8.16. The lowest BCUT2D eigenvalue weighted by Crippen LogP contribution is -1.88. The zero-order valence-electron chi connectivity index (χ0n) is 6.96. The third-order valence-electron chi connectivity index (χ3n) is 1.71. The number of fused-ring (bicyclic) bond motifs is 1. The van der Waals surface area contributed by atoms with Crippen molar-refractivity contribution in [1.29, 1.82) is 0 Å². The van der Waals surface area contributed by atoms with Gasteiger partial charge in [0.05, 0.1) is 18.5 Å². The van der Waals surface area contributed by atoms with Crippen molar-refractivity contribution in [2.45, 2.75) is 0 Å². The molecule has 2 rings (SSSR count). The summed E-state index contributed by atoms with van der Waals surface area (Å²) in [5.41, 5.74) is 0.914. The van der Waals surface area contributed by atoms with Crippen LogP contribution in [0, 0.1) is 0 Å². The number of aliphatic hydroxyl groups excluding tert-OH is 1. The van der Waals surface area contributed by atoms with Crippen LogP contribution in [0.25, 0.3) is 11.9 Å². The van der Waals surface area contributed by atoms with Crippen molar-refractivity contribution in [1.82, 2.24) is 14.4 Å². The maximum Gasteiger partial charge on any atom is 0.234 e. The molecule has 0 aliphatic rings. The number of nitrogens with zero attached hydrogens (tertiary/aromatic N) is 3. The lowest BCUT2D eigenvalue weighted by molar-refractivity contribution is 0.343. The molecule has 2 aromatic rings. The number of hydrogen-bond acceptors (Lipinski definition) is 3. The maximum absolute atomic E-state index is 8.61. The topological polar surface area (TPSA) is 50.4 Å². The number of hydrogen-bond donors (Lipinski definition) is 1. The lowest BCUT2D eigenvalue weighted by Gasteiger charge is -1.92. The van der Waals surface area contributed by atoms with Gasteiger partial charge in [-0.2, -0.15) is 0 Å². The molecule has 4 heteroatoms. The molecule has 0 fully saturated rings. The van der Waals surface area contributed by atoms with Crippen molar-refractivity contribution in [3.05, 3.63) is 36.4 Å². The molecule has 0 atom stereocenters. The Morgan fingerprint density at radius 2 is 2.38 bits per heavy atom. The van der Waals surface area contributed by atoms with Gasteiger partial charge in [0.2, 0.25) is 5.78 Å². The molecule has 0 bridgehead atoms. The van der Waals surface area contributed by atoms with Crippen molar-refractivity contribution in [2.75, 3.05) is 6.61 Å². The Morgan fingerprint density at radius 3 is 3.23 bits per heavy atom. The number of aliphatic hydroxyl groups is 1. The molecule has 0 spiro atoms. The van der Waals surface area contributed by atoms with Gasteiger partial charge in [-0.1, -0.05) is 6.08 Å². The summed E-state index contributed by atoms with van der Waals surface area (Å²) < 4.78 is 1.85. The predicted octanol–water partition coefficient (Wildman–Crippen LogP) is 0.735. The van der Waals surface area contributed by atoms with Gasteiger partial charge in [0.25, 0.3) is 0 Å². The summed E-state index contributed by atoms with van der Waals surface area (Å²) in [7, 11) is 0. The van der Waals surface area contributed by atoms with Crippen LogP contribution >= 0.6 is 0 Å². The minimum absolute atomic E-state index is 0.0352. The van der Waals surface area contributed by atoms with Crippen LogP contribution in [-0.4, -0.2) is 26.1 Å². The van der Waals surface area contributed by atoms with E-state index in [1.165, 1.54) is 0 Å². The first-order valence-corrected chi connectivity index (χ1v) is 3.97. The highest BCUT2D eigenvalue weighted by atomic mass is 16.2. The molecular formula is C9H9N3O. The van der Waals surface area contributed by atoms with Gasteiger partial charge in [0, 0.05) is 12.4 Å². The Hall–Kier alpha value is -1.68. The van der Waals surface area contributed by atoms with Gasteiger partial charge in [0.15, 0.2) is 0 Å². The normalized spacial score (nSPS) is 11.5. The average molecular weight is 175 g/mol. The van der Waals surface area contributed by atoms with Crippen LogP contribution in [-0.2, 0) is 0 Å². The van der Waals surface area contributed by atoms with E-state index < -0.39 is 0 Å². The van der Waals surface area contributed by atoms with Crippen molar-refractivity contribution >= 4 is 11.9 Å². The van der Waals surface area contributed by atoms with Gasteiger partial charge in [-0.15, -0.1) is 0 Å². The highest BCUT2D eigenvalue weighted by Crippen LogP contribution is 2.04. The van der Waals surface area contributed by atoms with Crippen molar-refractivity contribution in [3.8, 4) is 0 Å². The molecule has 0 aliphatic heterocycles. The Kier molecular flexibility index (Phi) is 2.06. The van der Waals surface area contributed by atoms with Gasteiger partial charge in [-0.05, 0) is 12.1 Å². The minimum atomic E-state index is 0.0352. The summed E-state index contributed by atoms with van der Waals surface area (Å²) in [6, 6.07) is 1.84. The summed E-state index contributed by atoms with van der Waals surface area (Å²) in [6.07, 6.45) is 8.76. The molecular weight excluding hydrogens is 166 g/mol. The summed E-state index contributed by atoms with van der Waals surface area (Å²) in [5.74, 6) is 0.667. The zero-order valence-corrected chi connectivity index (χ0v) is 6.96. The Morgan fingerprint density at radius 1 is 1.46 bits per heavy atom. The second-order valence-corrected chi connectivity index (χ2v) is 2.56. The first kappa shape index (κ1) is 7.94. The molecule has 1 N–H and O–H groups in total. The number of aromatic nitrogens is 3. The molecule has 2 heterocycles. The third-order valence-corrected chi connectivity index (χ3v) is 1.71. The van der Waals surface area contributed by atoms with Crippen LogP contribution in [0.2, 0.25) is 0 Å². The Balaban J connectivity index is 2.52. The predicted molar refractivity (Wildman–Crippen MR) is 49.1 cm³/mol. The van der Waals surface area contributed by atoms with Crippen molar-refractivity contribution in [2.24, 2.45) is 0 Å². The second-order valence-electron chi connectivity index (χ2n) is 2.56. The van der Waals surface area contributed by atoms with Gasteiger partial charge >= 0.3 is 0 Å². The fourth-order valence-corrected chi connectivity index (χ4v) is 1.14. The smallest absolute Gasteiger partial charge is 0.234 e. The van der Waals surface area contributed by atoms with Gasteiger partial charge in [0.1, 0.15) is 0 Å². The first-order chi connectivity index (χ1) is 6.42. The van der Waals surface area contributed by atoms with Crippen LogP contribution in [0.1, 0.15) is 5.69 Å². The molecule has 4 nitrogen and oxygen atoms in total. The summed E-state index contributed by atoms with van der Waals surface area (Å²) in [6.45, 7) is 0.0352. The molecule has 66 valence electrons. The Bertz CT molecular complexity index is 433. The maximum atomic E-state index is 8.61. The third kappa shape index (κ3) is 1.43. The van der Waals surface area contributed by atoms with Gasteiger partial charge < -0.3 is 5.11 Å².